The molecule has 0 atom stereocenters. The van der Waals surface area contributed by atoms with Crippen molar-refractivity contribution in [2.24, 2.45) is 0 Å². The van der Waals surface area contributed by atoms with Gasteiger partial charge in [-0.05, 0) is 18.1 Å². The Hall–Kier alpha value is -2.87. The van der Waals surface area contributed by atoms with Gasteiger partial charge in [0.2, 0.25) is 5.13 Å². The van der Waals surface area contributed by atoms with Gasteiger partial charge in [0.1, 0.15) is 10.7 Å². The molecular formula is C18H19N5O2S. The molecule has 0 saturated carbocycles. The zero-order chi connectivity index (χ0) is 18.4. The Morgan fingerprint density at radius 3 is 2.73 bits per heavy atom. The van der Waals surface area contributed by atoms with Gasteiger partial charge in [-0.25, -0.2) is 4.68 Å². The minimum absolute atomic E-state index is 0.158. The molecule has 2 heterocycles. The summed E-state index contributed by atoms with van der Waals surface area (Å²) in [6.07, 6.45) is 2.97. The van der Waals surface area contributed by atoms with E-state index in [1.807, 2.05) is 30.3 Å². The van der Waals surface area contributed by atoms with Gasteiger partial charge < -0.3 is 0 Å². The second kappa shape index (κ2) is 8.48. The first-order chi connectivity index (χ1) is 12.7. The Morgan fingerprint density at radius 1 is 1.15 bits per heavy atom. The maximum atomic E-state index is 12.4. The highest BCUT2D eigenvalue weighted by atomic mass is 32.1. The van der Waals surface area contributed by atoms with Gasteiger partial charge in [0, 0.05) is 12.5 Å². The van der Waals surface area contributed by atoms with Gasteiger partial charge in [-0.2, -0.15) is 5.10 Å². The average Bonchev–Trinajstić information content (AvgIpc) is 3.10. The monoisotopic (exact) mass is 369 g/mol. The van der Waals surface area contributed by atoms with Gasteiger partial charge in [0.15, 0.2) is 0 Å². The zero-order valence-electron chi connectivity index (χ0n) is 14.4. The number of nitrogens with one attached hydrogen (secondary N) is 1. The molecule has 0 spiro atoms. The van der Waals surface area contributed by atoms with Crippen molar-refractivity contribution in [1.29, 1.82) is 0 Å². The van der Waals surface area contributed by atoms with Crippen LogP contribution in [-0.4, -0.2) is 25.9 Å². The van der Waals surface area contributed by atoms with Crippen molar-refractivity contribution >= 4 is 22.4 Å². The fourth-order valence-electron chi connectivity index (χ4n) is 2.33. The number of anilines is 1. The van der Waals surface area contributed by atoms with E-state index in [1.165, 1.54) is 28.2 Å². The molecular weight excluding hydrogens is 350 g/mol. The van der Waals surface area contributed by atoms with E-state index < -0.39 is 5.91 Å². The number of unbranched alkanes of at least 4 members (excludes halogenated alkanes) is 1. The Kier molecular flexibility index (Phi) is 5.85. The van der Waals surface area contributed by atoms with E-state index in [-0.39, 0.29) is 11.3 Å². The van der Waals surface area contributed by atoms with Crippen molar-refractivity contribution in [3.8, 4) is 0 Å². The minimum Gasteiger partial charge on any atom is -0.295 e. The highest BCUT2D eigenvalue weighted by Crippen LogP contribution is 2.17. The molecule has 0 aliphatic heterocycles. The molecule has 2 aromatic heterocycles. The van der Waals surface area contributed by atoms with Crippen molar-refractivity contribution in [3.05, 3.63) is 69.1 Å². The smallest absolute Gasteiger partial charge is 0.277 e. The predicted molar refractivity (Wildman–Crippen MR) is 101 cm³/mol. The molecule has 0 aliphatic rings. The molecule has 1 aromatic carbocycles. The first-order valence-electron chi connectivity index (χ1n) is 8.41. The van der Waals surface area contributed by atoms with Crippen molar-refractivity contribution in [1.82, 2.24) is 20.0 Å². The van der Waals surface area contributed by atoms with Crippen molar-refractivity contribution in [2.45, 2.75) is 32.7 Å². The van der Waals surface area contributed by atoms with Gasteiger partial charge in [-0.1, -0.05) is 55.0 Å². The number of rotatable bonds is 7. The molecule has 134 valence electrons. The van der Waals surface area contributed by atoms with Crippen LogP contribution in [0.2, 0.25) is 0 Å². The van der Waals surface area contributed by atoms with Crippen LogP contribution in [0.5, 0.6) is 0 Å². The van der Waals surface area contributed by atoms with E-state index in [9.17, 15) is 9.59 Å². The molecule has 8 heteroatoms. The Bertz CT molecular complexity index is 936. The van der Waals surface area contributed by atoms with E-state index in [0.717, 1.165) is 29.8 Å². The number of amides is 1. The molecule has 0 aliphatic carbocycles. The summed E-state index contributed by atoms with van der Waals surface area (Å²) in [7, 11) is 0. The standard InChI is InChI=1S/C18H19N5O2S/c1-2-3-9-15-20-21-18(26-15)19-17(25)14-10-11-16(24)23(22-14)12-13-7-5-4-6-8-13/h4-8,10-11H,2-3,9,12H2,1H3,(H,19,21,25). The summed E-state index contributed by atoms with van der Waals surface area (Å²) < 4.78 is 1.27. The molecule has 0 unspecified atom stereocenters. The lowest BCUT2D eigenvalue weighted by atomic mass is 10.2. The molecule has 1 amide bonds. The van der Waals surface area contributed by atoms with Crippen LogP contribution < -0.4 is 10.9 Å². The second-order valence-electron chi connectivity index (χ2n) is 5.76. The first kappa shape index (κ1) is 17.9. The summed E-state index contributed by atoms with van der Waals surface area (Å²) in [6.45, 7) is 2.42. The maximum absolute atomic E-state index is 12.4. The van der Waals surface area contributed by atoms with Crippen LogP contribution in [-0.2, 0) is 13.0 Å². The van der Waals surface area contributed by atoms with Crippen LogP contribution in [0.3, 0.4) is 0 Å². The summed E-state index contributed by atoms with van der Waals surface area (Å²) in [5.41, 5.74) is 0.832. The molecule has 3 aromatic rings. The molecule has 0 saturated heterocycles. The largest absolute Gasteiger partial charge is 0.295 e. The lowest BCUT2D eigenvalue weighted by Crippen LogP contribution is -2.26. The summed E-state index contributed by atoms with van der Waals surface area (Å²) >= 11 is 1.36. The Labute approximate surface area is 154 Å². The van der Waals surface area contributed by atoms with E-state index in [2.05, 4.69) is 27.5 Å². The van der Waals surface area contributed by atoms with Gasteiger partial charge in [-0.3, -0.25) is 14.9 Å². The number of aryl methyl sites for hydroxylation is 1. The molecule has 7 nitrogen and oxygen atoms in total. The number of hydrogen-bond acceptors (Lipinski definition) is 6. The molecule has 0 fully saturated rings. The number of nitrogens with zero attached hydrogens (tertiary/aromatic N) is 4. The van der Waals surface area contributed by atoms with Crippen LogP contribution in [0.25, 0.3) is 0 Å². The Morgan fingerprint density at radius 2 is 1.96 bits per heavy atom. The van der Waals surface area contributed by atoms with Crippen LogP contribution >= 0.6 is 11.3 Å². The van der Waals surface area contributed by atoms with Gasteiger partial charge in [0.25, 0.3) is 11.5 Å². The highest BCUT2D eigenvalue weighted by molar-refractivity contribution is 7.15. The third-order valence-electron chi connectivity index (χ3n) is 3.71. The number of carbonyl (C=O) groups is 1. The summed E-state index contributed by atoms with van der Waals surface area (Å²) in [5, 5.41) is 16.2. The summed E-state index contributed by atoms with van der Waals surface area (Å²) in [4.78, 5) is 24.4. The second-order valence-corrected chi connectivity index (χ2v) is 6.82. The number of aromatic nitrogens is 4. The Balaban J connectivity index is 1.72. The normalized spacial score (nSPS) is 10.7. The molecule has 26 heavy (non-hydrogen) atoms. The first-order valence-corrected chi connectivity index (χ1v) is 9.23. The fourth-order valence-corrected chi connectivity index (χ4v) is 3.11. The van der Waals surface area contributed by atoms with E-state index in [4.69, 9.17) is 0 Å². The van der Waals surface area contributed by atoms with Gasteiger partial charge >= 0.3 is 0 Å². The number of benzene rings is 1. The lowest BCUT2D eigenvalue weighted by molar-refractivity contribution is 0.102. The summed E-state index contributed by atoms with van der Waals surface area (Å²) in [6, 6.07) is 12.3. The number of carbonyl (C=O) groups excluding carboxylic acids is 1. The number of hydrogen-bond donors (Lipinski definition) is 1. The van der Waals surface area contributed by atoms with E-state index in [0.29, 0.717) is 11.7 Å². The average molecular weight is 369 g/mol. The molecule has 0 radical (unpaired) electrons. The molecule has 1 N–H and O–H groups in total. The predicted octanol–water partition coefficient (Wildman–Crippen LogP) is 2.74. The van der Waals surface area contributed by atoms with Crippen LogP contribution in [0, 0.1) is 0 Å². The van der Waals surface area contributed by atoms with E-state index >= 15 is 0 Å². The van der Waals surface area contributed by atoms with Crippen LogP contribution in [0.1, 0.15) is 40.8 Å². The quantitative estimate of drug-likeness (QED) is 0.692. The van der Waals surface area contributed by atoms with Crippen LogP contribution in [0.15, 0.2) is 47.3 Å². The minimum atomic E-state index is -0.412. The third kappa shape index (κ3) is 4.60. The summed E-state index contributed by atoms with van der Waals surface area (Å²) in [5.74, 6) is -0.412. The fraction of sp³-hybridized carbons (Fsp3) is 0.278. The zero-order valence-corrected chi connectivity index (χ0v) is 15.2. The highest BCUT2D eigenvalue weighted by Gasteiger charge is 2.13. The molecule has 0 bridgehead atoms. The third-order valence-corrected chi connectivity index (χ3v) is 4.60. The van der Waals surface area contributed by atoms with Crippen molar-refractivity contribution in [3.63, 3.8) is 0 Å². The van der Waals surface area contributed by atoms with Gasteiger partial charge in [0.05, 0.1) is 6.54 Å². The topological polar surface area (TPSA) is 89.8 Å². The SMILES string of the molecule is CCCCc1nnc(NC(=O)c2ccc(=O)n(Cc3ccccc3)n2)s1. The van der Waals surface area contributed by atoms with Gasteiger partial charge in [-0.15, -0.1) is 10.2 Å². The van der Waals surface area contributed by atoms with Crippen LogP contribution in [0.4, 0.5) is 5.13 Å². The molecule has 3 rings (SSSR count). The van der Waals surface area contributed by atoms with Crippen molar-refractivity contribution in [2.75, 3.05) is 5.32 Å². The van der Waals surface area contributed by atoms with Crippen molar-refractivity contribution < 1.29 is 4.79 Å². The van der Waals surface area contributed by atoms with E-state index in [1.54, 1.807) is 0 Å². The lowest BCUT2D eigenvalue weighted by Gasteiger charge is -2.06. The maximum Gasteiger partial charge on any atom is 0.277 e.